The quantitative estimate of drug-likeness (QED) is 0.263. The van der Waals surface area contributed by atoms with E-state index in [0.29, 0.717) is 13.0 Å². The summed E-state index contributed by atoms with van der Waals surface area (Å²) in [5.74, 6) is -1.21. The van der Waals surface area contributed by atoms with Crippen LogP contribution in [0.25, 0.3) is 17.0 Å². The molecule has 3 aromatic rings. The first-order valence-electron chi connectivity index (χ1n) is 8.42. The van der Waals surface area contributed by atoms with Gasteiger partial charge < -0.3 is 15.4 Å². The third-order valence-corrected chi connectivity index (χ3v) is 4.26. The van der Waals surface area contributed by atoms with Crippen LogP contribution in [0.3, 0.4) is 0 Å². The van der Waals surface area contributed by atoms with Gasteiger partial charge in [-0.15, -0.1) is 0 Å². The van der Waals surface area contributed by atoms with Crippen LogP contribution >= 0.6 is 0 Å². The molecule has 0 atom stereocenters. The summed E-state index contributed by atoms with van der Waals surface area (Å²) < 4.78 is 0. The Kier molecular flexibility index (Phi) is 5.37. The lowest BCUT2D eigenvalue weighted by Gasteiger charge is -2.05. The van der Waals surface area contributed by atoms with Gasteiger partial charge in [0.25, 0.3) is 5.91 Å². The highest BCUT2D eigenvalue weighted by Crippen LogP contribution is 2.30. The number of hydrogen-bond acceptors (Lipinski definition) is 5. The highest BCUT2D eigenvalue weighted by Gasteiger charge is 2.17. The first kappa shape index (κ1) is 18.7. The highest BCUT2D eigenvalue weighted by molar-refractivity contribution is 6.02. The summed E-state index contributed by atoms with van der Waals surface area (Å²) >= 11 is 0. The van der Waals surface area contributed by atoms with E-state index in [1.807, 2.05) is 30.5 Å². The van der Waals surface area contributed by atoms with Gasteiger partial charge in [0.05, 0.1) is 4.92 Å². The van der Waals surface area contributed by atoms with Crippen molar-refractivity contribution in [3.63, 3.8) is 0 Å². The Hall–Kier alpha value is -4.12. The lowest BCUT2D eigenvalue weighted by molar-refractivity contribution is -0.385. The molecule has 0 unspecified atom stereocenters. The smallest absolute Gasteiger partial charge is 0.311 e. The minimum Gasteiger partial charge on any atom is -0.502 e. The molecule has 0 saturated heterocycles. The molecule has 28 heavy (non-hydrogen) atoms. The molecule has 8 heteroatoms. The zero-order valence-corrected chi connectivity index (χ0v) is 14.7. The van der Waals surface area contributed by atoms with Crippen LogP contribution in [0.15, 0.2) is 54.2 Å². The van der Waals surface area contributed by atoms with Crippen molar-refractivity contribution in [2.24, 2.45) is 0 Å². The normalized spacial score (nSPS) is 11.2. The number of fused-ring (bicyclic) bond motifs is 1. The number of carbonyl (C=O) groups is 1. The number of hydrogen-bond donors (Lipinski definition) is 3. The molecule has 0 spiro atoms. The number of aromatic hydroxyl groups is 1. The lowest BCUT2D eigenvalue weighted by Crippen LogP contribution is -2.26. The number of carbonyl (C=O) groups excluding carboxylic acids is 1. The summed E-state index contributed by atoms with van der Waals surface area (Å²) in [5.41, 5.74) is 1.32. The first-order chi connectivity index (χ1) is 13.5. The number of rotatable bonds is 6. The van der Waals surface area contributed by atoms with Crippen LogP contribution in [0.4, 0.5) is 5.69 Å². The van der Waals surface area contributed by atoms with Crippen LogP contribution in [0.1, 0.15) is 11.1 Å². The van der Waals surface area contributed by atoms with Gasteiger partial charge in [0.1, 0.15) is 11.6 Å². The van der Waals surface area contributed by atoms with Gasteiger partial charge in [-0.2, -0.15) is 5.26 Å². The van der Waals surface area contributed by atoms with Crippen LogP contribution in [-0.2, 0) is 11.2 Å². The number of para-hydroxylation sites is 2. The molecule has 0 aliphatic rings. The molecule has 0 aliphatic carbocycles. The third kappa shape index (κ3) is 3.83. The summed E-state index contributed by atoms with van der Waals surface area (Å²) in [5, 5.41) is 33.8. The van der Waals surface area contributed by atoms with Crippen molar-refractivity contribution < 1.29 is 14.8 Å². The van der Waals surface area contributed by atoms with E-state index < -0.39 is 22.3 Å². The molecule has 3 rings (SSSR count). The number of nitro groups is 1. The number of H-pyrrole nitrogens is 1. The standard InChI is InChI=1S/C20H16N4O4/c21-11-15(10-13-4-3-7-18(19(13)25)24(27)28)20(26)22-9-8-14-12-23-17-6-2-1-5-16(14)17/h1-7,10,12,23,25H,8-9H2,(H,22,26)/b15-10-. The van der Waals surface area contributed by atoms with Crippen LogP contribution in [-0.4, -0.2) is 27.5 Å². The topological polar surface area (TPSA) is 132 Å². The second kappa shape index (κ2) is 8.05. The van der Waals surface area contributed by atoms with E-state index in [9.17, 15) is 25.3 Å². The van der Waals surface area contributed by atoms with Crippen molar-refractivity contribution in [1.29, 1.82) is 5.26 Å². The van der Waals surface area contributed by atoms with E-state index >= 15 is 0 Å². The monoisotopic (exact) mass is 376 g/mol. The van der Waals surface area contributed by atoms with Crippen molar-refractivity contribution in [2.45, 2.75) is 6.42 Å². The molecule has 2 aromatic carbocycles. The average molecular weight is 376 g/mol. The van der Waals surface area contributed by atoms with Crippen molar-refractivity contribution in [3.8, 4) is 11.8 Å². The molecule has 8 nitrogen and oxygen atoms in total. The van der Waals surface area contributed by atoms with Gasteiger partial charge in [0.15, 0.2) is 0 Å². The largest absolute Gasteiger partial charge is 0.502 e. The zero-order valence-electron chi connectivity index (χ0n) is 14.7. The van der Waals surface area contributed by atoms with Gasteiger partial charge in [-0.3, -0.25) is 14.9 Å². The van der Waals surface area contributed by atoms with E-state index in [0.717, 1.165) is 28.6 Å². The second-order valence-electron chi connectivity index (χ2n) is 6.01. The van der Waals surface area contributed by atoms with Crippen LogP contribution < -0.4 is 5.32 Å². The summed E-state index contributed by atoms with van der Waals surface area (Å²) in [4.78, 5) is 25.6. The average Bonchev–Trinajstić information content (AvgIpc) is 3.10. The summed E-state index contributed by atoms with van der Waals surface area (Å²) in [6.45, 7) is 0.306. The minimum absolute atomic E-state index is 0.0255. The minimum atomic E-state index is -0.736. The van der Waals surface area contributed by atoms with Gasteiger partial charge in [-0.1, -0.05) is 30.3 Å². The number of benzene rings is 2. The number of aromatic nitrogens is 1. The van der Waals surface area contributed by atoms with E-state index in [1.165, 1.54) is 12.1 Å². The molecule has 0 bridgehead atoms. The number of nitrogens with zero attached hydrogens (tertiary/aromatic N) is 2. The Balaban J connectivity index is 1.70. The first-order valence-corrected chi connectivity index (χ1v) is 8.42. The molecule has 3 N–H and O–H groups in total. The summed E-state index contributed by atoms with van der Waals surface area (Å²) in [6.07, 6.45) is 3.57. The van der Waals surface area contributed by atoms with E-state index in [1.54, 1.807) is 6.07 Å². The SMILES string of the molecule is N#C/C(=C/c1cccc([N+](=O)[O-])c1O)C(=O)NCCc1c[nH]c2ccccc12. The fraction of sp³-hybridized carbons (Fsp3) is 0.100. The van der Waals surface area contributed by atoms with Crippen molar-refractivity contribution in [1.82, 2.24) is 10.3 Å². The Labute approximate surface area is 159 Å². The second-order valence-corrected chi connectivity index (χ2v) is 6.01. The highest BCUT2D eigenvalue weighted by atomic mass is 16.6. The summed E-state index contributed by atoms with van der Waals surface area (Å²) in [7, 11) is 0. The molecular formula is C20H16N4O4. The van der Waals surface area contributed by atoms with Crippen molar-refractivity contribution in [3.05, 3.63) is 75.5 Å². The fourth-order valence-corrected chi connectivity index (χ4v) is 2.86. The number of nitriles is 1. The number of nitro benzene ring substituents is 1. The number of phenolic OH excluding ortho intramolecular Hbond substituents is 1. The Morgan fingerprint density at radius 2 is 2.07 bits per heavy atom. The molecule has 0 radical (unpaired) electrons. The predicted molar refractivity (Wildman–Crippen MR) is 103 cm³/mol. The summed E-state index contributed by atoms with van der Waals surface area (Å²) in [6, 6.07) is 13.5. The molecule has 0 aliphatic heterocycles. The van der Waals surface area contributed by atoms with Gasteiger partial charge >= 0.3 is 5.69 Å². The number of nitrogens with one attached hydrogen (secondary N) is 2. The molecule has 0 fully saturated rings. The van der Waals surface area contributed by atoms with Gasteiger partial charge in [0.2, 0.25) is 5.75 Å². The van der Waals surface area contributed by atoms with E-state index in [4.69, 9.17) is 0 Å². The maximum absolute atomic E-state index is 12.3. The molecule has 140 valence electrons. The number of phenols is 1. The maximum atomic E-state index is 12.3. The predicted octanol–water partition coefficient (Wildman–Crippen LogP) is 3.05. The van der Waals surface area contributed by atoms with Crippen LogP contribution in [0, 0.1) is 21.4 Å². The Morgan fingerprint density at radius 1 is 1.29 bits per heavy atom. The molecule has 1 amide bonds. The third-order valence-electron chi connectivity index (χ3n) is 4.26. The van der Waals surface area contributed by atoms with Gasteiger partial charge in [-0.05, 0) is 24.1 Å². The zero-order chi connectivity index (χ0) is 20.1. The lowest BCUT2D eigenvalue weighted by atomic mass is 10.1. The van der Waals surface area contributed by atoms with Crippen molar-refractivity contribution >= 4 is 28.6 Å². The van der Waals surface area contributed by atoms with E-state index in [-0.39, 0.29) is 11.1 Å². The van der Waals surface area contributed by atoms with Crippen LogP contribution in [0.5, 0.6) is 5.75 Å². The van der Waals surface area contributed by atoms with E-state index in [2.05, 4.69) is 10.3 Å². The molecule has 1 aromatic heterocycles. The maximum Gasteiger partial charge on any atom is 0.311 e. The molecular weight excluding hydrogens is 360 g/mol. The Bertz CT molecular complexity index is 1120. The molecule has 0 saturated carbocycles. The molecule has 1 heterocycles. The number of amides is 1. The fourth-order valence-electron chi connectivity index (χ4n) is 2.86. The van der Waals surface area contributed by atoms with Gasteiger partial charge in [0, 0.05) is 35.3 Å². The number of aromatic amines is 1. The van der Waals surface area contributed by atoms with Gasteiger partial charge in [-0.25, -0.2) is 0 Å². The van der Waals surface area contributed by atoms with Crippen LogP contribution in [0.2, 0.25) is 0 Å². The van der Waals surface area contributed by atoms with Crippen molar-refractivity contribution in [2.75, 3.05) is 6.54 Å². The Morgan fingerprint density at radius 3 is 2.82 bits per heavy atom.